The van der Waals surface area contributed by atoms with Crippen LogP contribution in [0.5, 0.6) is 0 Å². The summed E-state index contributed by atoms with van der Waals surface area (Å²) < 4.78 is 0. The fourth-order valence-electron chi connectivity index (χ4n) is 3.01. The molecular weight excluding hydrogens is 316 g/mol. The maximum absolute atomic E-state index is 13.1. The number of anilines is 1. The summed E-state index contributed by atoms with van der Waals surface area (Å²) in [6.07, 6.45) is 0. The predicted octanol–water partition coefficient (Wildman–Crippen LogP) is 4.72. The summed E-state index contributed by atoms with van der Waals surface area (Å²) in [5.74, 6) is -0.161. The summed E-state index contributed by atoms with van der Waals surface area (Å²) in [7, 11) is 0. The molecule has 1 amide bonds. The van der Waals surface area contributed by atoms with Gasteiger partial charge in [0.2, 0.25) is 0 Å². The number of carbonyl (C=O) groups is 1. The maximum atomic E-state index is 13.1. The van der Waals surface area contributed by atoms with Gasteiger partial charge < -0.3 is 4.90 Å². The van der Waals surface area contributed by atoms with Crippen LogP contribution in [0.4, 0.5) is 11.4 Å². The number of nitro benzene ring substituents is 1. The van der Waals surface area contributed by atoms with Crippen molar-refractivity contribution in [3.8, 4) is 0 Å². The maximum Gasteiger partial charge on any atom is 0.269 e. The van der Waals surface area contributed by atoms with E-state index in [2.05, 4.69) is 0 Å². The molecule has 5 heteroatoms. The molecule has 25 heavy (non-hydrogen) atoms. The van der Waals surface area contributed by atoms with Crippen molar-refractivity contribution < 1.29 is 9.72 Å². The fraction of sp³-hybridized carbons (Fsp3) is 0.150. The minimum absolute atomic E-state index is 0.0118. The highest BCUT2D eigenvalue weighted by molar-refractivity contribution is 6.11. The van der Waals surface area contributed by atoms with Gasteiger partial charge in [-0.25, -0.2) is 0 Å². The molecule has 126 valence electrons. The smallest absolute Gasteiger partial charge is 0.269 e. The summed E-state index contributed by atoms with van der Waals surface area (Å²) in [6, 6.07) is 18.1. The molecular formula is C20H18N2O3. The van der Waals surface area contributed by atoms with Crippen LogP contribution < -0.4 is 4.90 Å². The Hall–Kier alpha value is -3.21. The molecule has 0 saturated heterocycles. The van der Waals surface area contributed by atoms with Crippen LogP contribution in [0.3, 0.4) is 0 Å². The Morgan fingerprint density at radius 2 is 1.80 bits per heavy atom. The number of nitrogens with zero attached hydrogens (tertiary/aromatic N) is 2. The number of hydrogen-bond acceptors (Lipinski definition) is 3. The first kappa shape index (κ1) is 16.6. The Bertz CT molecular complexity index is 961. The number of nitro groups is 1. The van der Waals surface area contributed by atoms with E-state index in [4.69, 9.17) is 0 Å². The van der Waals surface area contributed by atoms with Crippen LogP contribution in [0.2, 0.25) is 0 Å². The highest BCUT2D eigenvalue weighted by atomic mass is 16.6. The molecule has 3 rings (SSSR count). The SMILES string of the molecule is CCN(C(=O)c1ccc([N+](=O)[O-])cc1C)c1cccc2ccccc12. The van der Waals surface area contributed by atoms with Crippen molar-refractivity contribution in [3.05, 3.63) is 81.9 Å². The van der Waals surface area contributed by atoms with Gasteiger partial charge in [0.1, 0.15) is 0 Å². The van der Waals surface area contributed by atoms with Gasteiger partial charge in [-0.1, -0.05) is 36.4 Å². The van der Waals surface area contributed by atoms with Crippen LogP contribution in [0.1, 0.15) is 22.8 Å². The van der Waals surface area contributed by atoms with Crippen molar-refractivity contribution in [2.45, 2.75) is 13.8 Å². The van der Waals surface area contributed by atoms with E-state index in [-0.39, 0.29) is 11.6 Å². The molecule has 5 nitrogen and oxygen atoms in total. The van der Waals surface area contributed by atoms with E-state index in [0.29, 0.717) is 17.7 Å². The number of benzene rings is 3. The zero-order valence-electron chi connectivity index (χ0n) is 14.1. The lowest BCUT2D eigenvalue weighted by Gasteiger charge is -2.23. The lowest BCUT2D eigenvalue weighted by molar-refractivity contribution is -0.384. The van der Waals surface area contributed by atoms with Gasteiger partial charge in [-0.15, -0.1) is 0 Å². The molecule has 0 unspecified atom stereocenters. The van der Waals surface area contributed by atoms with Crippen LogP contribution >= 0.6 is 0 Å². The zero-order valence-corrected chi connectivity index (χ0v) is 14.1. The second kappa shape index (κ2) is 6.73. The topological polar surface area (TPSA) is 63.5 Å². The minimum Gasteiger partial charge on any atom is -0.308 e. The van der Waals surface area contributed by atoms with Crippen molar-refractivity contribution in [2.75, 3.05) is 11.4 Å². The molecule has 0 saturated carbocycles. The standard InChI is InChI=1S/C20H18N2O3/c1-3-21(19-10-6-8-15-7-4-5-9-18(15)19)20(23)17-12-11-16(22(24)25)13-14(17)2/h4-13H,3H2,1-2H3. The van der Waals surface area contributed by atoms with E-state index in [9.17, 15) is 14.9 Å². The third-order valence-electron chi connectivity index (χ3n) is 4.27. The average Bonchev–Trinajstić information content (AvgIpc) is 2.62. The second-order valence-electron chi connectivity index (χ2n) is 5.80. The molecule has 0 bridgehead atoms. The first-order chi connectivity index (χ1) is 12.0. The molecule has 0 atom stereocenters. The van der Waals surface area contributed by atoms with E-state index in [1.807, 2.05) is 49.4 Å². The Labute approximate surface area is 145 Å². The molecule has 0 fully saturated rings. The van der Waals surface area contributed by atoms with Crippen LogP contribution in [0, 0.1) is 17.0 Å². The highest BCUT2D eigenvalue weighted by Gasteiger charge is 2.21. The van der Waals surface area contributed by atoms with Gasteiger partial charge >= 0.3 is 0 Å². The van der Waals surface area contributed by atoms with E-state index < -0.39 is 4.92 Å². The molecule has 3 aromatic rings. The van der Waals surface area contributed by atoms with Crippen LogP contribution in [0.25, 0.3) is 10.8 Å². The van der Waals surface area contributed by atoms with Crippen molar-refractivity contribution >= 4 is 28.1 Å². The van der Waals surface area contributed by atoms with Gasteiger partial charge in [0.05, 0.1) is 10.6 Å². The number of non-ortho nitro benzene ring substituents is 1. The summed E-state index contributed by atoms with van der Waals surface area (Å²) in [6.45, 7) is 4.14. The summed E-state index contributed by atoms with van der Waals surface area (Å²) in [5.41, 5.74) is 1.89. The third kappa shape index (κ3) is 3.08. The molecule has 3 aromatic carbocycles. The number of hydrogen-bond donors (Lipinski definition) is 0. The van der Waals surface area contributed by atoms with E-state index >= 15 is 0 Å². The summed E-state index contributed by atoms with van der Waals surface area (Å²) >= 11 is 0. The molecule has 0 radical (unpaired) electrons. The van der Waals surface area contributed by atoms with E-state index in [0.717, 1.165) is 16.5 Å². The molecule has 0 spiro atoms. The fourth-order valence-corrected chi connectivity index (χ4v) is 3.01. The quantitative estimate of drug-likeness (QED) is 0.512. The van der Waals surface area contributed by atoms with E-state index in [1.54, 1.807) is 11.8 Å². The van der Waals surface area contributed by atoms with Gasteiger partial charge in [0, 0.05) is 29.6 Å². The van der Waals surface area contributed by atoms with Crippen LogP contribution in [-0.4, -0.2) is 17.4 Å². The van der Waals surface area contributed by atoms with Crippen molar-refractivity contribution in [1.29, 1.82) is 0 Å². The van der Waals surface area contributed by atoms with Gasteiger partial charge in [0.15, 0.2) is 0 Å². The predicted molar refractivity (Wildman–Crippen MR) is 99.1 cm³/mol. The van der Waals surface area contributed by atoms with Crippen LogP contribution in [-0.2, 0) is 0 Å². The molecule has 0 N–H and O–H groups in total. The molecule has 0 aliphatic heterocycles. The van der Waals surface area contributed by atoms with Gasteiger partial charge in [-0.05, 0) is 36.9 Å². The normalized spacial score (nSPS) is 10.6. The Balaban J connectivity index is 2.06. The molecule has 0 aromatic heterocycles. The van der Waals surface area contributed by atoms with E-state index in [1.165, 1.54) is 18.2 Å². The number of amides is 1. The van der Waals surface area contributed by atoms with Gasteiger partial charge in [-0.3, -0.25) is 14.9 Å². The summed E-state index contributed by atoms with van der Waals surface area (Å²) in [5, 5.41) is 13.0. The number of aryl methyl sites for hydroxylation is 1. The van der Waals surface area contributed by atoms with Crippen molar-refractivity contribution in [3.63, 3.8) is 0 Å². The largest absolute Gasteiger partial charge is 0.308 e. The van der Waals surface area contributed by atoms with Crippen molar-refractivity contribution in [2.24, 2.45) is 0 Å². The monoisotopic (exact) mass is 334 g/mol. The highest BCUT2D eigenvalue weighted by Crippen LogP contribution is 2.29. The number of fused-ring (bicyclic) bond motifs is 1. The number of rotatable bonds is 4. The molecule has 0 aliphatic rings. The lowest BCUT2D eigenvalue weighted by atomic mass is 10.0. The minimum atomic E-state index is -0.455. The molecule has 0 aliphatic carbocycles. The molecule has 0 heterocycles. The Kier molecular flexibility index (Phi) is 4.48. The van der Waals surface area contributed by atoms with Gasteiger partial charge in [-0.2, -0.15) is 0 Å². The first-order valence-electron chi connectivity index (χ1n) is 8.07. The number of carbonyl (C=O) groups excluding carboxylic acids is 1. The second-order valence-corrected chi connectivity index (χ2v) is 5.80. The third-order valence-corrected chi connectivity index (χ3v) is 4.27. The van der Waals surface area contributed by atoms with Gasteiger partial charge in [0.25, 0.3) is 11.6 Å². The van der Waals surface area contributed by atoms with Crippen molar-refractivity contribution in [1.82, 2.24) is 0 Å². The Morgan fingerprint density at radius 3 is 2.48 bits per heavy atom. The lowest BCUT2D eigenvalue weighted by Crippen LogP contribution is -2.31. The summed E-state index contributed by atoms with van der Waals surface area (Å²) in [4.78, 5) is 25.2. The first-order valence-corrected chi connectivity index (χ1v) is 8.07. The zero-order chi connectivity index (χ0) is 18.0. The average molecular weight is 334 g/mol. The van der Waals surface area contributed by atoms with Crippen LogP contribution in [0.15, 0.2) is 60.7 Å². The Morgan fingerprint density at radius 1 is 1.08 bits per heavy atom.